The molecule has 1 saturated carbocycles. The van der Waals surface area contributed by atoms with Crippen LogP contribution in [0.2, 0.25) is 0 Å². The number of Topliss-reactive ketones (excluding diaryl/α,β-unsaturated/α-hetero) is 1. The van der Waals surface area contributed by atoms with Gasteiger partial charge in [-0.05, 0) is 18.8 Å². The molecule has 0 spiro atoms. The zero-order valence-corrected chi connectivity index (χ0v) is 9.55. The highest BCUT2D eigenvalue weighted by molar-refractivity contribution is 7.91. The molecule has 0 bridgehead atoms. The molecule has 1 aliphatic carbocycles. The lowest BCUT2D eigenvalue weighted by molar-refractivity contribution is -0.119. The molecule has 1 unspecified atom stereocenters. The zero-order valence-electron chi connectivity index (χ0n) is 8.74. The molecule has 0 aromatic rings. The van der Waals surface area contributed by atoms with Crippen molar-refractivity contribution >= 4 is 15.6 Å². The highest BCUT2D eigenvalue weighted by Gasteiger charge is 2.29. The number of nitrogens with one attached hydrogen (secondary N) is 1. The third-order valence-electron chi connectivity index (χ3n) is 2.99. The van der Waals surface area contributed by atoms with Crippen molar-refractivity contribution in [2.75, 3.05) is 18.1 Å². The average molecular weight is 231 g/mol. The van der Waals surface area contributed by atoms with Crippen molar-refractivity contribution in [1.82, 2.24) is 5.32 Å². The average Bonchev–Trinajstić information content (AvgIpc) is 2.85. The summed E-state index contributed by atoms with van der Waals surface area (Å²) in [5.74, 6) is 1.15. The van der Waals surface area contributed by atoms with Crippen molar-refractivity contribution in [3.63, 3.8) is 0 Å². The molecule has 0 radical (unpaired) electrons. The molecule has 1 atom stereocenters. The largest absolute Gasteiger partial charge is 0.312 e. The van der Waals surface area contributed by atoms with Gasteiger partial charge >= 0.3 is 0 Å². The first kappa shape index (κ1) is 11.1. The summed E-state index contributed by atoms with van der Waals surface area (Å²) in [5, 5.41) is 3.10. The van der Waals surface area contributed by atoms with E-state index in [1.54, 1.807) is 0 Å². The van der Waals surface area contributed by atoms with E-state index in [1.165, 1.54) is 12.8 Å². The lowest BCUT2D eigenvalue weighted by Crippen LogP contribution is -2.46. The molecule has 1 heterocycles. The molecule has 0 aromatic carbocycles. The minimum Gasteiger partial charge on any atom is -0.312 e. The molecule has 1 N–H and O–H groups in total. The Morgan fingerprint density at radius 3 is 2.60 bits per heavy atom. The highest BCUT2D eigenvalue weighted by Crippen LogP contribution is 2.33. The van der Waals surface area contributed by atoms with Crippen molar-refractivity contribution in [2.24, 2.45) is 5.92 Å². The van der Waals surface area contributed by atoms with Gasteiger partial charge in [0, 0.05) is 25.4 Å². The Balaban J connectivity index is 1.80. The quantitative estimate of drug-likeness (QED) is 0.747. The van der Waals surface area contributed by atoms with Crippen molar-refractivity contribution in [2.45, 2.75) is 31.7 Å². The summed E-state index contributed by atoms with van der Waals surface area (Å²) in [6.07, 6.45) is 3.37. The van der Waals surface area contributed by atoms with Crippen molar-refractivity contribution in [3.8, 4) is 0 Å². The zero-order chi connectivity index (χ0) is 10.9. The Kier molecular flexibility index (Phi) is 3.11. The first-order valence-corrected chi connectivity index (χ1v) is 7.33. The van der Waals surface area contributed by atoms with Gasteiger partial charge in [0.1, 0.15) is 5.78 Å². The van der Waals surface area contributed by atoms with Gasteiger partial charge in [-0.25, -0.2) is 8.42 Å². The van der Waals surface area contributed by atoms with Crippen molar-refractivity contribution in [3.05, 3.63) is 0 Å². The van der Waals surface area contributed by atoms with Crippen LogP contribution in [0, 0.1) is 5.92 Å². The number of hydrogen-bond acceptors (Lipinski definition) is 4. The first-order valence-electron chi connectivity index (χ1n) is 5.51. The molecule has 2 fully saturated rings. The van der Waals surface area contributed by atoms with Crippen LogP contribution < -0.4 is 5.32 Å². The topological polar surface area (TPSA) is 63.2 Å². The molecule has 4 nitrogen and oxygen atoms in total. The Hall–Kier alpha value is -0.420. The number of sulfone groups is 1. The van der Waals surface area contributed by atoms with E-state index in [1.807, 2.05) is 0 Å². The number of rotatable bonds is 4. The van der Waals surface area contributed by atoms with Crippen LogP contribution in [0.1, 0.15) is 25.7 Å². The molecule has 0 aromatic heterocycles. The molecular formula is C10H17NO3S. The molecular weight excluding hydrogens is 214 g/mol. The van der Waals surface area contributed by atoms with Gasteiger partial charge in [0.05, 0.1) is 11.5 Å². The summed E-state index contributed by atoms with van der Waals surface area (Å²) in [6, 6.07) is -0.144. The summed E-state index contributed by atoms with van der Waals surface area (Å²) in [4.78, 5) is 11.5. The predicted molar refractivity (Wildman–Crippen MR) is 57.4 cm³/mol. The maximum absolute atomic E-state index is 11.5. The lowest BCUT2D eigenvalue weighted by atomic mass is 10.1. The minimum absolute atomic E-state index is 0.128. The maximum atomic E-state index is 11.5. The number of carbonyl (C=O) groups excluding carboxylic acids is 1. The van der Waals surface area contributed by atoms with E-state index >= 15 is 0 Å². The summed E-state index contributed by atoms with van der Waals surface area (Å²) >= 11 is 0. The maximum Gasteiger partial charge on any atom is 0.153 e. The Labute approximate surface area is 90.3 Å². The van der Waals surface area contributed by atoms with Crippen LogP contribution in [0.3, 0.4) is 0 Å². The predicted octanol–water partition coefficient (Wildman–Crippen LogP) is 0.132. The van der Waals surface area contributed by atoms with E-state index in [9.17, 15) is 13.2 Å². The monoisotopic (exact) mass is 231 g/mol. The summed E-state index contributed by atoms with van der Waals surface area (Å²) in [6.45, 7) is 0.490. The summed E-state index contributed by atoms with van der Waals surface area (Å²) in [5.41, 5.74) is 0. The van der Waals surface area contributed by atoms with Crippen LogP contribution >= 0.6 is 0 Å². The van der Waals surface area contributed by atoms with Crippen LogP contribution in [-0.2, 0) is 14.6 Å². The van der Waals surface area contributed by atoms with Gasteiger partial charge in [0.15, 0.2) is 9.84 Å². The standard InChI is InChI=1S/C10H17NO3S/c12-10(5-8-1-2-8)6-9-7-15(13,14)4-3-11-9/h8-9,11H,1-7H2. The number of ketones is 1. The van der Waals surface area contributed by atoms with E-state index in [-0.39, 0.29) is 23.3 Å². The van der Waals surface area contributed by atoms with Crippen LogP contribution in [0.5, 0.6) is 0 Å². The van der Waals surface area contributed by atoms with Crippen LogP contribution in [0.15, 0.2) is 0 Å². The van der Waals surface area contributed by atoms with Gasteiger partial charge in [-0.15, -0.1) is 0 Å². The second kappa shape index (κ2) is 4.22. The van der Waals surface area contributed by atoms with Gasteiger partial charge in [-0.2, -0.15) is 0 Å². The van der Waals surface area contributed by atoms with E-state index in [4.69, 9.17) is 0 Å². The number of hydrogen-bond donors (Lipinski definition) is 1. The van der Waals surface area contributed by atoms with Crippen LogP contribution in [0.25, 0.3) is 0 Å². The SMILES string of the molecule is O=C(CC1CC1)CC1CS(=O)(=O)CCN1. The second-order valence-corrected chi connectivity index (χ2v) is 6.88. The second-order valence-electron chi connectivity index (χ2n) is 4.66. The summed E-state index contributed by atoms with van der Waals surface area (Å²) < 4.78 is 22.7. The smallest absolute Gasteiger partial charge is 0.153 e. The molecule has 2 rings (SSSR count). The fourth-order valence-electron chi connectivity index (χ4n) is 2.00. The van der Waals surface area contributed by atoms with Crippen molar-refractivity contribution < 1.29 is 13.2 Å². The molecule has 86 valence electrons. The van der Waals surface area contributed by atoms with Crippen LogP contribution in [0.4, 0.5) is 0 Å². The van der Waals surface area contributed by atoms with E-state index < -0.39 is 9.84 Å². The van der Waals surface area contributed by atoms with E-state index in [0.29, 0.717) is 25.3 Å². The summed E-state index contributed by atoms with van der Waals surface area (Å²) in [7, 11) is -2.91. The molecule has 15 heavy (non-hydrogen) atoms. The first-order chi connectivity index (χ1) is 7.05. The Morgan fingerprint density at radius 2 is 2.00 bits per heavy atom. The normalized spacial score (nSPS) is 30.0. The van der Waals surface area contributed by atoms with Gasteiger partial charge in [0.25, 0.3) is 0 Å². The molecule has 1 saturated heterocycles. The van der Waals surface area contributed by atoms with E-state index in [2.05, 4.69) is 5.32 Å². The van der Waals surface area contributed by atoms with Crippen LogP contribution in [-0.4, -0.2) is 38.3 Å². The minimum atomic E-state index is -2.91. The number of carbonyl (C=O) groups is 1. The third-order valence-corrected chi connectivity index (χ3v) is 4.72. The van der Waals surface area contributed by atoms with Gasteiger partial charge in [-0.1, -0.05) is 0 Å². The van der Waals surface area contributed by atoms with Gasteiger partial charge in [0.2, 0.25) is 0 Å². The molecule has 1 aliphatic heterocycles. The Bertz CT molecular complexity index is 346. The molecule has 2 aliphatic rings. The van der Waals surface area contributed by atoms with Crippen molar-refractivity contribution in [1.29, 1.82) is 0 Å². The highest BCUT2D eigenvalue weighted by atomic mass is 32.2. The Morgan fingerprint density at radius 1 is 1.27 bits per heavy atom. The van der Waals surface area contributed by atoms with Gasteiger partial charge < -0.3 is 5.32 Å². The lowest BCUT2D eigenvalue weighted by Gasteiger charge is -2.22. The third kappa shape index (κ3) is 3.57. The fraction of sp³-hybridized carbons (Fsp3) is 0.900. The van der Waals surface area contributed by atoms with Gasteiger partial charge in [-0.3, -0.25) is 4.79 Å². The molecule has 0 amide bonds. The van der Waals surface area contributed by atoms with E-state index in [0.717, 1.165) is 0 Å². The molecule has 5 heteroatoms. The fourth-order valence-corrected chi connectivity index (χ4v) is 3.44.